The lowest BCUT2D eigenvalue weighted by Crippen LogP contribution is -2.39. The van der Waals surface area contributed by atoms with E-state index in [1.54, 1.807) is 5.48 Å². The summed E-state index contributed by atoms with van der Waals surface area (Å²) < 4.78 is 5.79. The topological polar surface area (TPSA) is 74.7 Å². The first-order valence-corrected chi connectivity index (χ1v) is 7.52. The van der Waals surface area contributed by atoms with Crippen molar-refractivity contribution in [2.75, 3.05) is 19.7 Å². The van der Waals surface area contributed by atoms with Crippen LogP contribution >= 0.6 is 0 Å². The number of carbonyl (C=O) groups excluding carboxylic acids is 1. The molecule has 0 radical (unpaired) electrons. The third-order valence-electron chi connectivity index (χ3n) is 4.22. The Kier molecular flexibility index (Phi) is 4.48. The van der Waals surface area contributed by atoms with E-state index in [1.807, 2.05) is 6.07 Å². The highest BCUT2D eigenvalue weighted by Crippen LogP contribution is 2.21. The van der Waals surface area contributed by atoms with Crippen LogP contribution in [0.25, 0.3) is 0 Å². The van der Waals surface area contributed by atoms with Gasteiger partial charge in [-0.25, -0.2) is 5.48 Å². The van der Waals surface area contributed by atoms with Gasteiger partial charge in [0.2, 0.25) is 0 Å². The number of hydrogen-bond donors (Lipinski definition) is 2. The molecule has 3 heterocycles. The van der Waals surface area contributed by atoms with Crippen LogP contribution in [0.3, 0.4) is 0 Å². The molecular formula is C15H21N3O3. The number of nitrogens with zero attached hydrogens (tertiary/aromatic N) is 2. The summed E-state index contributed by atoms with van der Waals surface area (Å²) >= 11 is 0. The summed E-state index contributed by atoms with van der Waals surface area (Å²) in [6.45, 7) is 3.58. The Morgan fingerprint density at radius 2 is 2.43 bits per heavy atom. The average molecular weight is 291 g/mol. The van der Waals surface area contributed by atoms with Gasteiger partial charge in [-0.3, -0.25) is 19.9 Å². The van der Waals surface area contributed by atoms with E-state index in [0.717, 1.165) is 50.3 Å². The summed E-state index contributed by atoms with van der Waals surface area (Å²) in [5.41, 5.74) is 4.16. The van der Waals surface area contributed by atoms with Crippen molar-refractivity contribution in [1.29, 1.82) is 0 Å². The van der Waals surface area contributed by atoms with Crippen LogP contribution < -0.4 is 5.48 Å². The first-order valence-electron chi connectivity index (χ1n) is 7.52. The minimum Gasteiger partial charge on any atom is -0.377 e. The molecule has 1 saturated heterocycles. The Morgan fingerprint density at radius 3 is 3.19 bits per heavy atom. The molecule has 2 aliphatic rings. The molecule has 1 amide bonds. The van der Waals surface area contributed by atoms with Crippen LogP contribution in [0.1, 0.15) is 40.9 Å². The normalized spacial score (nSPS) is 22.6. The maximum Gasteiger partial charge on any atom is 0.276 e. The number of aromatic nitrogens is 1. The van der Waals surface area contributed by atoms with Crippen molar-refractivity contribution in [3.05, 3.63) is 29.1 Å². The summed E-state index contributed by atoms with van der Waals surface area (Å²) in [7, 11) is 0. The maximum atomic E-state index is 11.5. The van der Waals surface area contributed by atoms with Gasteiger partial charge in [0, 0.05) is 44.6 Å². The van der Waals surface area contributed by atoms with E-state index >= 15 is 0 Å². The predicted octanol–water partition coefficient (Wildman–Crippen LogP) is 1.13. The lowest BCUT2D eigenvalue weighted by Gasteiger charge is -2.33. The third-order valence-corrected chi connectivity index (χ3v) is 4.22. The van der Waals surface area contributed by atoms with Gasteiger partial charge >= 0.3 is 0 Å². The summed E-state index contributed by atoms with van der Waals surface area (Å²) in [6.07, 6.45) is 6.29. The lowest BCUT2D eigenvalue weighted by atomic mass is 10.0. The van der Waals surface area contributed by atoms with E-state index < -0.39 is 5.91 Å². The number of nitrogens with one attached hydrogen (secondary N) is 1. The van der Waals surface area contributed by atoms with E-state index in [0.29, 0.717) is 11.7 Å². The molecule has 0 spiro atoms. The van der Waals surface area contributed by atoms with Gasteiger partial charge in [0.1, 0.15) is 0 Å². The molecule has 2 aliphatic heterocycles. The van der Waals surface area contributed by atoms with Crippen LogP contribution in [-0.4, -0.2) is 46.8 Å². The molecule has 0 unspecified atom stereocenters. The van der Waals surface area contributed by atoms with E-state index in [4.69, 9.17) is 9.94 Å². The highest BCUT2D eigenvalue weighted by Gasteiger charge is 2.23. The molecule has 1 aromatic rings. The minimum atomic E-state index is -0.516. The lowest BCUT2D eigenvalue weighted by molar-refractivity contribution is -0.00813. The van der Waals surface area contributed by atoms with Crippen LogP contribution in [0.2, 0.25) is 0 Å². The van der Waals surface area contributed by atoms with Crippen molar-refractivity contribution in [2.45, 2.75) is 38.3 Å². The SMILES string of the molecule is O=C(NO)c1cnc2c(c1)CN(C[C@@H]1CCCCO1)CC2. The van der Waals surface area contributed by atoms with Crippen molar-refractivity contribution in [3.8, 4) is 0 Å². The second-order valence-corrected chi connectivity index (χ2v) is 5.74. The number of hydroxylamine groups is 1. The molecule has 0 bridgehead atoms. The van der Waals surface area contributed by atoms with E-state index in [-0.39, 0.29) is 0 Å². The number of ether oxygens (including phenoxy) is 1. The fourth-order valence-electron chi connectivity index (χ4n) is 3.07. The van der Waals surface area contributed by atoms with Crippen LogP contribution in [0.5, 0.6) is 0 Å². The van der Waals surface area contributed by atoms with Crippen LogP contribution in [0, 0.1) is 0 Å². The van der Waals surface area contributed by atoms with Crippen molar-refractivity contribution in [2.24, 2.45) is 0 Å². The quantitative estimate of drug-likeness (QED) is 0.645. The molecule has 0 saturated carbocycles. The van der Waals surface area contributed by atoms with Gasteiger partial charge < -0.3 is 4.74 Å². The molecule has 3 rings (SSSR count). The first-order chi connectivity index (χ1) is 10.3. The number of carbonyl (C=O) groups is 1. The molecular weight excluding hydrogens is 270 g/mol. The maximum absolute atomic E-state index is 11.5. The fraction of sp³-hybridized carbons (Fsp3) is 0.600. The molecule has 1 aromatic heterocycles. The number of fused-ring (bicyclic) bond motifs is 1. The Morgan fingerprint density at radius 1 is 1.52 bits per heavy atom. The van der Waals surface area contributed by atoms with Gasteiger partial charge in [0.15, 0.2) is 0 Å². The first kappa shape index (κ1) is 14.4. The standard InChI is InChI=1S/C15H21N3O3/c19-15(17-20)11-7-12-9-18(5-4-14(12)16-8-11)10-13-3-1-2-6-21-13/h7-8,13,20H,1-6,9-10H2,(H,17,19)/t13-/m0/s1. The summed E-state index contributed by atoms with van der Waals surface area (Å²) in [5.74, 6) is -0.516. The highest BCUT2D eigenvalue weighted by molar-refractivity contribution is 5.93. The molecule has 1 fully saturated rings. The average Bonchev–Trinajstić information content (AvgIpc) is 2.54. The Balaban J connectivity index is 1.67. The molecule has 21 heavy (non-hydrogen) atoms. The molecule has 6 heteroatoms. The second-order valence-electron chi connectivity index (χ2n) is 5.74. The molecule has 0 aliphatic carbocycles. The van der Waals surface area contributed by atoms with Gasteiger partial charge in [-0.2, -0.15) is 0 Å². The Bertz CT molecular complexity index is 515. The number of amides is 1. The number of hydrogen-bond acceptors (Lipinski definition) is 5. The smallest absolute Gasteiger partial charge is 0.276 e. The second kappa shape index (κ2) is 6.51. The molecule has 114 valence electrons. The van der Waals surface area contributed by atoms with Crippen LogP contribution in [0.4, 0.5) is 0 Å². The van der Waals surface area contributed by atoms with Gasteiger partial charge in [0.05, 0.1) is 11.7 Å². The fourth-order valence-corrected chi connectivity index (χ4v) is 3.07. The zero-order valence-electron chi connectivity index (χ0n) is 12.0. The van der Waals surface area contributed by atoms with E-state index in [2.05, 4.69) is 9.88 Å². The molecule has 2 N–H and O–H groups in total. The van der Waals surface area contributed by atoms with Crippen molar-refractivity contribution < 1.29 is 14.7 Å². The van der Waals surface area contributed by atoms with Gasteiger partial charge in [-0.05, 0) is 30.9 Å². The number of pyridine rings is 1. The van der Waals surface area contributed by atoms with Gasteiger partial charge in [0.25, 0.3) is 5.91 Å². The summed E-state index contributed by atoms with van der Waals surface area (Å²) in [6, 6.07) is 1.82. The predicted molar refractivity (Wildman–Crippen MR) is 76.1 cm³/mol. The highest BCUT2D eigenvalue weighted by atomic mass is 16.5. The summed E-state index contributed by atoms with van der Waals surface area (Å²) in [5, 5.41) is 8.71. The van der Waals surface area contributed by atoms with Gasteiger partial charge in [-0.1, -0.05) is 0 Å². The van der Waals surface area contributed by atoms with E-state index in [9.17, 15) is 4.79 Å². The Hall–Kier alpha value is -1.50. The van der Waals surface area contributed by atoms with Crippen molar-refractivity contribution in [3.63, 3.8) is 0 Å². The van der Waals surface area contributed by atoms with Crippen LogP contribution in [0.15, 0.2) is 12.3 Å². The molecule has 6 nitrogen and oxygen atoms in total. The summed E-state index contributed by atoms with van der Waals surface area (Å²) in [4.78, 5) is 18.2. The molecule has 1 atom stereocenters. The van der Waals surface area contributed by atoms with Gasteiger partial charge in [-0.15, -0.1) is 0 Å². The minimum absolute atomic E-state index is 0.331. The Labute approximate surface area is 124 Å². The zero-order chi connectivity index (χ0) is 14.7. The monoisotopic (exact) mass is 291 g/mol. The van der Waals surface area contributed by atoms with Crippen molar-refractivity contribution >= 4 is 5.91 Å². The third kappa shape index (κ3) is 3.40. The molecule has 0 aromatic carbocycles. The zero-order valence-corrected chi connectivity index (χ0v) is 12.0. The number of rotatable bonds is 3. The van der Waals surface area contributed by atoms with Crippen molar-refractivity contribution in [1.82, 2.24) is 15.4 Å². The van der Waals surface area contributed by atoms with E-state index in [1.165, 1.54) is 19.0 Å². The largest absolute Gasteiger partial charge is 0.377 e. The van der Waals surface area contributed by atoms with Crippen LogP contribution in [-0.2, 0) is 17.7 Å².